The normalized spacial score (nSPS) is 10.4. The molecule has 5 heteroatoms. The molecule has 1 heterocycles. The van der Waals surface area contributed by atoms with Gasteiger partial charge < -0.3 is 15.7 Å². The molecule has 0 aliphatic rings. The maximum Gasteiger partial charge on any atom is 0.335 e. The first-order chi connectivity index (χ1) is 10.0. The number of benzene rings is 1. The molecule has 5 nitrogen and oxygen atoms in total. The molecule has 0 saturated carbocycles. The van der Waals surface area contributed by atoms with Gasteiger partial charge in [0, 0.05) is 12.2 Å². The Kier molecular flexibility index (Phi) is 4.42. The summed E-state index contributed by atoms with van der Waals surface area (Å²) in [4.78, 5) is 17.6. The van der Waals surface area contributed by atoms with Gasteiger partial charge in [0.15, 0.2) is 0 Å². The van der Waals surface area contributed by atoms with E-state index in [4.69, 9.17) is 10.8 Å². The highest BCUT2D eigenvalue weighted by molar-refractivity contribution is 5.90. The fraction of sp³-hybridized carbons (Fsp3) is 0.250. The molecule has 2 rings (SSSR count). The molecule has 0 fully saturated rings. The number of carboxylic acid groups (broad SMARTS) is 1. The van der Waals surface area contributed by atoms with Crippen molar-refractivity contribution in [1.29, 1.82) is 0 Å². The maximum absolute atomic E-state index is 11.1. The number of hydrogen-bond acceptors (Lipinski definition) is 4. The van der Waals surface area contributed by atoms with Crippen molar-refractivity contribution < 1.29 is 9.90 Å². The predicted octanol–water partition coefficient (Wildman–Crippen LogP) is 2.70. The number of carboxylic acids is 1. The van der Waals surface area contributed by atoms with Crippen LogP contribution in [0, 0.1) is 6.92 Å². The van der Waals surface area contributed by atoms with Gasteiger partial charge in [0.1, 0.15) is 0 Å². The molecule has 0 radical (unpaired) electrons. The minimum absolute atomic E-state index is 0.231. The van der Waals surface area contributed by atoms with Gasteiger partial charge in [-0.3, -0.25) is 4.98 Å². The molecule has 0 amide bonds. The topological polar surface area (TPSA) is 79.5 Å². The Morgan fingerprint density at radius 3 is 2.71 bits per heavy atom. The summed E-state index contributed by atoms with van der Waals surface area (Å²) in [6.07, 6.45) is 0. The Hall–Kier alpha value is -2.56. The first-order valence-corrected chi connectivity index (χ1v) is 6.81. The van der Waals surface area contributed by atoms with Crippen LogP contribution < -0.4 is 10.6 Å². The zero-order chi connectivity index (χ0) is 15.4. The van der Waals surface area contributed by atoms with Crippen LogP contribution in [-0.4, -0.2) is 22.6 Å². The van der Waals surface area contributed by atoms with Gasteiger partial charge in [-0.15, -0.1) is 0 Å². The molecule has 2 aromatic rings. The Labute approximate surface area is 124 Å². The quantitative estimate of drug-likeness (QED) is 0.826. The number of hydrogen-bond donors (Lipinski definition) is 2. The van der Waals surface area contributed by atoms with Crippen LogP contribution in [0.2, 0.25) is 0 Å². The fourth-order valence-electron chi connectivity index (χ4n) is 2.20. The van der Waals surface area contributed by atoms with Crippen molar-refractivity contribution >= 4 is 17.3 Å². The molecule has 21 heavy (non-hydrogen) atoms. The molecule has 1 aromatic heterocycles. The van der Waals surface area contributed by atoms with E-state index in [-0.39, 0.29) is 5.56 Å². The third kappa shape index (κ3) is 3.51. The Bertz CT molecular complexity index is 656. The molecular weight excluding hydrogens is 266 g/mol. The predicted molar refractivity (Wildman–Crippen MR) is 83.5 cm³/mol. The van der Waals surface area contributed by atoms with Gasteiger partial charge in [0.2, 0.25) is 0 Å². The van der Waals surface area contributed by atoms with E-state index < -0.39 is 5.97 Å². The van der Waals surface area contributed by atoms with E-state index in [9.17, 15) is 4.79 Å². The van der Waals surface area contributed by atoms with E-state index in [1.807, 2.05) is 36.9 Å². The second-order valence-electron chi connectivity index (χ2n) is 4.86. The van der Waals surface area contributed by atoms with Crippen LogP contribution in [0.25, 0.3) is 0 Å². The lowest BCUT2D eigenvalue weighted by molar-refractivity contribution is 0.0697. The monoisotopic (exact) mass is 285 g/mol. The van der Waals surface area contributed by atoms with Crippen LogP contribution in [0.4, 0.5) is 11.4 Å². The molecule has 0 unspecified atom stereocenters. The number of pyridine rings is 1. The Morgan fingerprint density at radius 1 is 1.33 bits per heavy atom. The highest BCUT2D eigenvalue weighted by Gasteiger charge is 2.13. The minimum Gasteiger partial charge on any atom is -0.478 e. The summed E-state index contributed by atoms with van der Waals surface area (Å²) in [5.41, 5.74) is 9.40. The van der Waals surface area contributed by atoms with Crippen LogP contribution in [0.1, 0.15) is 28.7 Å². The minimum atomic E-state index is -0.957. The number of aryl methyl sites for hydroxylation is 1. The first-order valence-electron chi connectivity index (χ1n) is 6.81. The van der Waals surface area contributed by atoms with Crippen LogP contribution in [0.5, 0.6) is 0 Å². The molecule has 0 spiro atoms. The number of nitrogen functional groups attached to an aromatic ring is 1. The van der Waals surface area contributed by atoms with Crippen molar-refractivity contribution in [1.82, 2.24) is 4.98 Å². The number of nitrogens with zero attached hydrogens (tertiary/aromatic N) is 2. The van der Waals surface area contributed by atoms with E-state index in [1.54, 1.807) is 12.1 Å². The zero-order valence-corrected chi connectivity index (χ0v) is 12.2. The second kappa shape index (κ2) is 6.26. The lowest BCUT2D eigenvalue weighted by Crippen LogP contribution is -2.24. The SMILES string of the molecule is CCN(Cc1cccc(C)n1)c1cc(C(=O)O)ccc1N. The molecule has 0 bridgehead atoms. The average molecular weight is 285 g/mol. The van der Waals surface area contributed by atoms with Gasteiger partial charge in [0.25, 0.3) is 0 Å². The number of aromatic carboxylic acids is 1. The average Bonchev–Trinajstić information content (AvgIpc) is 2.45. The Balaban J connectivity index is 2.32. The molecule has 0 saturated heterocycles. The lowest BCUT2D eigenvalue weighted by Gasteiger charge is -2.24. The standard InChI is InChI=1S/C16H19N3O2/c1-3-19(10-13-6-4-5-11(2)18-13)15-9-12(16(20)21)7-8-14(15)17/h4-9H,3,10,17H2,1-2H3,(H,20,21). The number of anilines is 2. The maximum atomic E-state index is 11.1. The van der Waals surface area contributed by atoms with E-state index in [0.717, 1.165) is 17.1 Å². The highest BCUT2D eigenvalue weighted by Crippen LogP contribution is 2.26. The number of carbonyl (C=O) groups is 1. The third-order valence-electron chi connectivity index (χ3n) is 3.30. The summed E-state index contributed by atoms with van der Waals surface area (Å²) in [6.45, 7) is 5.25. The van der Waals surface area contributed by atoms with Crippen molar-refractivity contribution in [2.45, 2.75) is 20.4 Å². The van der Waals surface area contributed by atoms with E-state index in [2.05, 4.69) is 4.98 Å². The molecule has 0 aliphatic carbocycles. The van der Waals surface area contributed by atoms with Crippen molar-refractivity contribution in [2.75, 3.05) is 17.2 Å². The summed E-state index contributed by atoms with van der Waals surface area (Å²) in [5.74, 6) is -0.957. The lowest BCUT2D eigenvalue weighted by atomic mass is 10.1. The van der Waals surface area contributed by atoms with E-state index >= 15 is 0 Å². The largest absolute Gasteiger partial charge is 0.478 e. The summed E-state index contributed by atoms with van der Waals surface area (Å²) < 4.78 is 0. The van der Waals surface area contributed by atoms with Gasteiger partial charge in [-0.25, -0.2) is 4.79 Å². The third-order valence-corrected chi connectivity index (χ3v) is 3.30. The number of nitrogens with two attached hydrogens (primary N) is 1. The highest BCUT2D eigenvalue weighted by atomic mass is 16.4. The Morgan fingerprint density at radius 2 is 2.10 bits per heavy atom. The molecular formula is C16H19N3O2. The molecule has 0 aliphatic heterocycles. The zero-order valence-electron chi connectivity index (χ0n) is 12.2. The van der Waals surface area contributed by atoms with Crippen molar-refractivity contribution in [3.63, 3.8) is 0 Å². The van der Waals surface area contributed by atoms with E-state index in [1.165, 1.54) is 6.07 Å². The van der Waals surface area contributed by atoms with Gasteiger partial charge in [-0.1, -0.05) is 6.07 Å². The van der Waals surface area contributed by atoms with Crippen molar-refractivity contribution in [2.24, 2.45) is 0 Å². The van der Waals surface area contributed by atoms with Crippen LogP contribution in [0.15, 0.2) is 36.4 Å². The van der Waals surface area contributed by atoms with E-state index in [0.29, 0.717) is 18.8 Å². The summed E-state index contributed by atoms with van der Waals surface area (Å²) in [6, 6.07) is 10.6. The van der Waals surface area contributed by atoms with Crippen LogP contribution >= 0.6 is 0 Å². The van der Waals surface area contributed by atoms with Crippen LogP contribution in [0.3, 0.4) is 0 Å². The number of aromatic nitrogens is 1. The molecule has 1 aromatic carbocycles. The summed E-state index contributed by atoms with van der Waals surface area (Å²) in [7, 11) is 0. The summed E-state index contributed by atoms with van der Waals surface area (Å²) in [5, 5.41) is 9.11. The summed E-state index contributed by atoms with van der Waals surface area (Å²) >= 11 is 0. The van der Waals surface area contributed by atoms with Crippen LogP contribution in [-0.2, 0) is 6.54 Å². The number of rotatable bonds is 5. The molecule has 3 N–H and O–H groups in total. The smallest absolute Gasteiger partial charge is 0.335 e. The first kappa shape index (κ1) is 14.8. The fourth-order valence-corrected chi connectivity index (χ4v) is 2.20. The molecule has 110 valence electrons. The van der Waals surface area contributed by atoms with Gasteiger partial charge in [-0.05, 0) is 44.2 Å². The van der Waals surface area contributed by atoms with Gasteiger partial charge >= 0.3 is 5.97 Å². The second-order valence-corrected chi connectivity index (χ2v) is 4.86. The van der Waals surface area contributed by atoms with Gasteiger partial charge in [-0.2, -0.15) is 0 Å². The van der Waals surface area contributed by atoms with Gasteiger partial charge in [0.05, 0.1) is 29.2 Å². The van der Waals surface area contributed by atoms with Crippen molar-refractivity contribution in [3.05, 3.63) is 53.3 Å². The van der Waals surface area contributed by atoms with Crippen molar-refractivity contribution in [3.8, 4) is 0 Å². The molecule has 0 atom stereocenters.